The number of fused-ring (bicyclic) bond motifs is 1. The standard InChI is InChI=1S/C22H29N5O2/c1-25(2)17-11-9-16(10-12-17)23-21(28)20-24-19(18-8-4-7-15-27(18)20)22(29)26-13-5-3-6-14-26/h9-12H,3-8,13-15H2,1-2H3,(H,23,28). The third-order valence-corrected chi connectivity index (χ3v) is 5.81. The van der Waals surface area contributed by atoms with Gasteiger partial charge in [0.1, 0.15) is 5.69 Å². The van der Waals surface area contributed by atoms with Crippen LogP contribution in [0, 0.1) is 0 Å². The van der Waals surface area contributed by atoms with E-state index in [1.807, 2.05) is 52.7 Å². The number of carbonyl (C=O) groups excluding carboxylic acids is 2. The van der Waals surface area contributed by atoms with Gasteiger partial charge in [-0.1, -0.05) is 0 Å². The highest BCUT2D eigenvalue weighted by Crippen LogP contribution is 2.24. The Hall–Kier alpha value is -2.83. The first kappa shape index (κ1) is 19.5. The van der Waals surface area contributed by atoms with Crippen LogP contribution in [-0.2, 0) is 13.0 Å². The van der Waals surface area contributed by atoms with Crippen LogP contribution in [0.1, 0.15) is 58.9 Å². The van der Waals surface area contributed by atoms with Gasteiger partial charge in [-0.15, -0.1) is 0 Å². The van der Waals surface area contributed by atoms with Crippen molar-refractivity contribution in [2.45, 2.75) is 45.1 Å². The zero-order valence-corrected chi connectivity index (χ0v) is 17.3. The fraction of sp³-hybridized carbons (Fsp3) is 0.500. The maximum absolute atomic E-state index is 13.1. The summed E-state index contributed by atoms with van der Waals surface area (Å²) >= 11 is 0. The second-order valence-electron chi connectivity index (χ2n) is 8.09. The van der Waals surface area contributed by atoms with E-state index in [2.05, 4.69) is 10.3 Å². The van der Waals surface area contributed by atoms with Crippen molar-refractivity contribution in [1.29, 1.82) is 0 Å². The van der Waals surface area contributed by atoms with E-state index in [-0.39, 0.29) is 11.8 Å². The van der Waals surface area contributed by atoms with Crippen LogP contribution >= 0.6 is 0 Å². The van der Waals surface area contributed by atoms with Crippen molar-refractivity contribution in [3.63, 3.8) is 0 Å². The van der Waals surface area contributed by atoms with Crippen LogP contribution in [0.15, 0.2) is 24.3 Å². The maximum atomic E-state index is 13.1. The molecule has 2 amide bonds. The van der Waals surface area contributed by atoms with E-state index in [0.717, 1.165) is 68.8 Å². The Kier molecular flexibility index (Phi) is 5.56. The van der Waals surface area contributed by atoms with Crippen LogP contribution in [-0.4, -0.2) is 53.5 Å². The molecule has 154 valence electrons. The number of aromatic nitrogens is 2. The number of rotatable bonds is 4. The zero-order chi connectivity index (χ0) is 20.4. The number of carbonyl (C=O) groups is 2. The Bertz CT molecular complexity index is 895. The van der Waals surface area contributed by atoms with E-state index in [0.29, 0.717) is 11.5 Å². The average molecular weight is 396 g/mol. The number of imidazole rings is 1. The first-order valence-electron chi connectivity index (χ1n) is 10.5. The van der Waals surface area contributed by atoms with Gasteiger partial charge in [-0.05, 0) is 62.8 Å². The lowest BCUT2D eigenvalue weighted by molar-refractivity contribution is 0.0717. The summed E-state index contributed by atoms with van der Waals surface area (Å²) in [4.78, 5) is 34.5. The third kappa shape index (κ3) is 3.99. The molecule has 1 saturated heterocycles. The quantitative estimate of drug-likeness (QED) is 0.863. The molecule has 0 atom stereocenters. The van der Waals surface area contributed by atoms with E-state index in [9.17, 15) is 9.59 Å². The van der Waals surface area contributed by atoms with Crippen LogP contribution in [0.2, 0.25) is 0 Å². The minimum absolute atomic E-state index is 0.0234. The van der Waals surface area contributed by atoms with Crippen LogP contribution in [0.4, 0.5) is 11.4 Å². The van der Waals surface area contributed by atoms with Crippen LogP contribution in [0.5, 0.6) is 0 Å². The molecule has 3 heterocycles. The molecule has 1 fully saturated rings. The third-order valence-electron chi connectivity index (χ3n) is 5.81. The molecular formula is C22H29N5O2. The van der Waals surface area contributed by atoms with Crippen LogP contribution in [0.3, 0.4) is 0 Å². The topological polar surface area (TPSA) is 70.5 Å². The maximum Gasteiger partial charge on any atom is 0.291 e. The molecule has 1 N–H and O–H groups in total. The summed E-state index contributed by atoms with van der Waals surface area (Å²) in [6.45, 7) is 2.30. The molecule has 0 aliphatic carbocycles. The molecule has 2 aliphatic heterocycles. The van der Waals surface area contributed by atoms with E-state index in [4.69, 9.17) is 0 Å². The smallest absolute Gasteiger partial charge is 0.291 e. The molecule has 2 aliphatic rings. The molecule has 0 spiro atoms. The summed E-state index contributed by atoms with van der Waals surface area (Å²) in [6.07, 6.45) is 6.08. The molecule has 7 heteroatoms. The highest BCUT2D eigenvalue weighted by Gasteiger charge is 2.30. The molecular weight excluding hydrogens is 366 g/mol. The van der Waals surface area contributed by atoms with Crippen molar-refractivity contribution in [2.75, 3.05) is 37.4 Å². The summed E-state index contributed by atoms with van der Waals surface area (Å²) in [5.74, 6) is 0.0601. The summed E-state index contributed by atoms with van der Waals surface area (Å²) in [6, 6.07) is 7.68. The largest absolute Gasteiger partial charge is 0.378 e. The lowest BCUT2D eigenvalue weighted by Gasteiger charge is -2.26. The average Bonchev–Trinajstić information content (AvgIpc) is 3.14. The predicted molar refractivity (Wildman–Crippen MR) is 114 cm³/mol. The minimum atomic E-state index is -0.261. The summed E-state index contributed by atoms with van der Waals surface area (Å²) in [5, 5.41) is 2.94. The van der Waals surface area contributed by atoms with Gasteiger partial charge in [0.25, 0.3) is 11.8 Å². The monoisotopic (exact) mass is 395 g/mol. The van der Waals surface area contributed by atoms with Gasteiger partial charge in [-0.3, -0.25) is 9.59 Å². The predicted octanol–water partition coefficient (Wildman–Crippen LogP) is 3.16. The molecule has 1 aromatic heterocycles. The van der Waals surface area contributed by atoms with Crippen molar-refractivity contribution in [3.8, 4) is 0 Å². The molecule has 29 heavy (non-hydrogen) atoms. The van der Waals surface area contributed by atoms with Crippen LogP contribution < -0.4 is 10.2 Å². The zero-order valence-electron chi connectivity index (χ0n) is 17.3. The first-order valence-corrected chi connectivity index (χ1v) is 10.5. The summed E-state index contributed by atoms with van der Waals surface area (Å²) in [5.41, 5.74) is 3.17. The fourth-order valence-electron chi connectivity index (χ4n) is 4.16. The Labute approximate surface area is 171 Å². The van der Waals surface area contributed by atoms with Gasteiger partial charge in [0.15, 0.2) is 5.82 Å². The number of anilines is 2. The van der Waals surface area contributed by atoms with Gasteiger partial charge in [-0.2, -0.15) is 0 Å². The number of piperidine rings is 1. The number of hydrogen-bond acceptors (Lipinski definition) is 4. The van der Waals surface area contributed by atoms with Crippen molar-refractivity contribution >= 4 is 23.2 Å². The van der Waals surface area contributed by atoms with E-state index in [1.54, 1.807) is 0 Å². The number of nitrogens with zero attached hydrogens (tertiary/aromatic N) is 4. The highest BCUT2D eigenvalue weighted by molar-refractivity contribution is 6.03. The van der Waals surface area contributed by atoms with Gasteiger partial charge < -0.3 is 19.7 Å². The van der Waals surface area contributed by atoms with Crippen molar-refractivity contribution in [3.05, 3.63) is 41.5 Å². The van der Waals surface area contributed by atoms with E-state index in [1.165, 1.54) is 6.42 Å². The lowest BCUT2D eigenvalue weighted by atomic mass is 10.1. The van der Waals surface area contributed by atoms with Crippen LogP contribution in [0.25, 0.3) is 0 Å². The van der Waals surface area contributed by atoms with Gasteiger partial charge >= 0.3 is 0 Å². The number of amides is 2. The summed E-state index contributed by atoms with van der Waals surface area (Å²) < 4.78 is 1.95. The lowest BCUT2D eigenvalue weighted by Crippen LogP contribution is -2.36. The molecule has 0 bridgehead atoms. The second kappa shape index (κ2) is 8.27. The summed E-state index contributed by atoms with van der Waals surface area (Å²) in [7, 11) is 3.95. The van der Waals surface area contributed by atoms with Crippen molar-refractivity contribution in [2.24, 2.45) is 0 Å². The first-order chi connectivity index (χ1) is 14.0. The number of nitrogens with one attached hydrogen (secondary N) is 1. The Morgan fingerprint density at radius 1 is 0.966 bits per heavy atom. The molecule has 0 unspecified atom stereocenters. The minimum Gasteiger partial charge on any atom is -0.378 e. The van der Waals surface area contributed by atoms with Gasteiger partial charge in [0.05, 0.1) is 5.69 Å². The Morgan fingerprint density at radius 2 is 1.66 bits per heavy atom. The number of hydrogen-bond donors (Lipinski definition) is 1. The van der Waals surface area contributed by atoms with Gasteiger partial charge in [-0.25, -0.2) is 4.98 Å². The normalized spacial score (nSPS) is 16.3. The molecule has 4 rings (SSSR count). The molecule has 2 aromatic rings. The molecule has 7 nitrogen and oxygen atoms in total. The SMILES string of the molecule is CN(C)c1ccc(NC(=O)c2nc(C(=O)N3CCCCC3)c3n2CCCC3)cc1. The second-order valence-corrected chi connectivity index (χ2v) is 8.09. The molecule has 1 aromatic carbocycles. The molecule has 0 saturated carbocycles. The number of benzene rings is 1. The van der Waals surface area contributed by atoms with Crippen molar-refractivity contribution in [1.82, 2.24) is 14.5 Å². The number of likely N-dealkylation sites (tertiary alicyclic amines) is 1. The Morgan fingerprint density at radius 3 is 2.34 bits per heavy atom. The fourth-order valence-corrected chi connectivity index (χ4v) is 4.16. The van der Waals surface area contributed by atoms with Gasteiger partial charge in [0.2, 0.25) is 0 Å². The van der Waals surface area contributed by atoms with E-state index < -0.39 is 0 Å². The van der Waals surface area contributed by atoms with Gasteiger partial charge in [0, 0.05) is 45.1 Å². The Balaban J connectivity index is 1.58. The highest BCUT2D eigenvalue weighted by atomic mass is 16.2. The molecule has 0 radical (unpaired) electrons. The van der Waals surface area contributed by atoms with Crippen molar-refractivity contribution < 1.29 is 9.59 Å². The van der Waals surface area contributed by atoms with E-state index >= 15 is 0 Å².